The number of anilines is 1. The molecule has 2 aromatic rings. The maximum Gasteiger partial charge on any atom is 0.223 e. The standard InChI is InChI=1S/C18H24N4O2S/c1-24-12-3-9-19-18(23)14-7-10-22(11-8-14)17-6-5-15(20-21-17)16-4-2-13-25-16/h2,4-6,13-14H,3,7-12H2,1H3,(H,19,23). The minimum atomic E-state index is 0.0946. The van der Waals surface area contributed by atoms with Crippen molar-refractivity contribution >= 4 is 23.1 Å². The topological polar surface area (TPSA) is 67.3 Å². The SMILES string of the molecule is COCCCNC(=O)C1CCN(c2ccc(-c3cccs3)nn2)CC1. The average molecular weight is 360 g/mol. The molecule has 7 heteroatoms. The fourth-order valence-corrected chi connectivity index (χ4v) is 3.68. The fourth-order valence-electron chi connectivity index (χ4n) is 2.99. The van der Waals surface area contributed by atoms with Crippen molar-refractivity contribution in [3.8, 4) is 10.6 Å². The normalized spacial score (nSPS) is 15.3. The van der Waals surface area contributed by atoms with Gasteiger partial charge in [-0.05, 0) is 42.8 Å². The summed E-state index contributed by atoms with van der Waals surface area (Å²) in [6.07, 6.45) is 2.56. The summed E-state index contributed by atoms with van der Waals surface area (Å²) < 4.78 is 4.99. The summed E-state index contributed by atoms with van der Waals surface area (Å²) in [6, 6.07) is 8.10. The number of hydrogen-bond donors (Lipinski definition) is 1. The van der Waals surface area contributed by atoms with E-state index in [9.17, 15) is 4.79 Å². The van der Waals surface area contributed by atoms with E-state index < -0.39 is 0 Å². The summed E-state index contributed by atoms with van der Waals surface area (Å²) >= 11 is 1.66. The fraction of sp³-hybridized carbons (Fsp3) is 0.500. The van der Waals surface area contributed by atoms with Crippen LogP contribution in [0.15, 0.2) is 29.6 Å². The Labute approximate surface area is 152 Å². The van der Waals surface area contributed by atoms with E-state index in [0.717, 1.165) is 48.7 Å². The number of hydrogen-bond acceptors (Lipinski definition) is 6. The largest absolute Gasteiger partial charge is 0.385 e. The van der Waals surface area contributed by atoms with Gasteiger partial charge in [0, 0.05) is 39.3 Å². The zero-order chi connectivity index (χ0) is 17.5. The third kappa shape index (κ3) is 4.76. The maximum absolute atomic E-state index is 12.2. The third-order valence-electron chi connectivity index (χ3n) is 4.44. The summed E-state index contributed by atoms with van der Waals surface area (Å²) in [5.74, 6) is 1.14. The monoisotopic (exact) mass is 360 g/mol. The van der Waals surface area contributed by atoms with Crippen LogP contribution in [-0.4, -0.2) is 49.5 Å². The number of ether oxygens (including phenoxy) is 1. The first-order valence-electron chi connectivity index (χ1n) is 8.67. The van der Waals surface area contributed by atoms with E-state index in [-0.39, 0.29) is 11.8 Å². The molecular weight excluding hydrogens is 336 g/mol. The molecule has 1 aliphatic rings. The molecule has 0 spiro atoms. The Kier molecular flexibility index (Phi) is 6.36. The first-order valence-corrected chi connectivity index (χ1v) is 9.55. The minimum absolute atomic E-state index is 0.0946. The van der Waals surface area contributed by atoms with Crippen LogP contribution in [0.25, 0.3) is 10.6 Å². The maximum atomic E-state index is 12.2. The molecule has 0 radical (unpaired) electrons. The van der Waals surface area contributed by atoms with E-state index in [2.05, 4.69) is 20.4 Å². The second-order valence-corrected chi connectivity index (χ2v) is 7.10. The van der Waals surface area contributed by atoms with Crippen LogP contribution < -0.4 is 10.2 Å². The van der Waals surface area contributed by atoms with E-state index in [0.29, 0.717) is 13.2 Å². The van der Waals surface area contributed by atoms with Gasteiger partial charge in [-0.2, -0.15) is 0 Å². The predicted octanol–water partition coefficient (Wildman–Crippen LogP) is 2.57. The summed E-state index contributed by atoms with van der Waals surface area (Å²) in [4.78, 5) is 15.5. The highest BCUT2D eigenvalue weighted by molar-refractivity contribution is 7.13. The molecule has 1 saturated heterocycles. The lowest BCUT2D eigenvalue weighted by Gasteiger charge is -2.31. The quantitative estimate of drug-likeness (QED) is 0.769. The van der Waals surface area contributed by atoms with Gasteiger partial charge in [0.15, 0.2) is 5.82 Å². The first kappa shape index (κ1) is 17.8. The molecule has 3 rings (SSSR count). The summed E-state index contributed by atoms with van der Waals surface area (Å²) in [5.41, 5.74) is 0.907. The number of piperidine rings is 1. The van der Waals surface area contributed by atoms with Gasteiger partial charge in [-0.15, -0.1) is 21.5 Å². The molecule has 0 bridgehead atoms. The Morgan fingerprint density at radius 3 is 2.80 bits per heavy atom. The zero-order valence-electron chi connectivity index (χ0n) is 14.5. The van der Waals surface area contributed by atoms with Crippen LogP contribution in [-0.2, 0) is 9.53 Å². The van der Waals surface area contributed by atoms with Crippen molar-refractivity contribution in [1.82, 2.24) is 15.5 Å². The Bertz CT molecular complexity index is 652. The van der Waals surface area contributed by atoms with Gasteiger partial charge in [-0.25, -0.2) is 0 Å². The lowest BCUT2D eigenvalue weighted by atomic mass is 9.96. The molecule has 0 unspecified atom stereocenters. The van der Waals surface area contributed by atoms with Gasteiger partial charge in [-0.3, -0.25) is 4.79 Å². The van der Waals surface area contributed by atoms with E-state index in [4.69, 9.17) is 4.74 Å². The van der Waals surface area contributed by atoms with Crippen molar-refractivity contribution in [3.05, 3.63) is 29.6 Å². The number of thiophene rings is 1. The molecule has 1 amide bonds. The second kappa shape index (κ2) is 8.92. The Balaban J connectivity index is 1.48. The zero-order valence-corrected chi connectivity index (χ0v) is 15.3. The number of methoxy groups -OCH3 is 1. The van der Waals surface area contributed by atoms with Gasteiger partial charge in [0.2, 0.25) is 5.91 Å². The molecule has 1 fully saturated rings. The van der Waals surface area contributed by atoms with Crippen LogP contribution in [0.3, 0.4) is 0 Å². The molecule has 0 saturated carbocycles. The Morgan fingerprint density at radius 1 is 1.32 bits per heavy atom. The van der Waals surface area contributed by atoms with Crippen molar-refractivity contribution < 1.29 is 9.53 Å². The van der Waals surface area contributed by atoms with Crippen LogP contribution in [0.5, 0.6) is 0 Å². The Hall–Kier alpha value is -1.99. The van der Waals surface area contributed by atoms with Crippen LogP contribution in [0.2, 0.25) is 0 Å². The van der Waals surface area contributed by atoms with Crippen LogP contribution in [0.4, 0.5) is 5.82 Å². The third-order valence-corrected chi connectivity index (χ3v) is 5.33. The van der Waals surface area contributed by atoms with Gasteiger partial charge in [-0.1, -0.05) is 6.07 Å². The highest BCUT2D eigenvalue weighted by atomic mass is 32.1. The number of nitrogens with one attached hydrogen (secondary N) is 1. The number of rotatable bonds is 7. The van der Waals surface area contributed by atoms with Gasteiger partial charge < -0.3 is 15.0 Å². The van der Waals surface area contributed by atoms with Crippen LogP contribution >= 0.6 is 11.3 Å². The number of carbonyl (C=O) groups excluding carboxylic acids is 1. The van der Waals surface area contributed by atoms with Crippen LogP contribution in [0.1, 0.15) is 19.3 Å². The predicted molar refractivity (Wildman–Crippen MR) is 99.8 cm³/mol. The smallest absolute Gasteiger partial charge is 0.223 e. The molecule has 25 heavy (non-hydrogen) atoms. The van der Waals surface area contributed by atoms with Gasteiger partial charge in [0.25, 0.3) is 0 Å². The number of aromatic nitrogens is 2. The van der Waals surface area contributed by atoms with E-state index in [1.165, 1.54) is 0 Å². The lowest BCUT2D eigenvalue weighted by molar-refractivity contribution is -0.125. The summed E-state index contributed by atoms with van der Waals surface area (Å²) in [6.45, 7) is 3.04. The van der Waals surface area contributed by atoms with Crippen molar-refractivity contribution in [1.29, 1.82) is 0 Å². The Morgan fingerprint density at radius 2 is 2.16 bits per heavy atom. The number of carbonyl (C=O) groups is 1. The van der Waals surface area contributed by atoms with Gasteiger partial charge >= 0.3 is 0 Å². The van der Waals surface area contributed by atoms with E-state index >= 15 is 0 Å². The number of amides is 1. The highest BCUT2D eigenvalue weighted by Crippen LogP contribution is 2.25. The first-order chi connectivity index (χ1) is 12.3. The molecule has 2 aromatic heterocycles. The second-order valence-electron chi connectivity index (χ2n) is 6.15. The summed E-state index contributed by atoms with van der Waals surface area (Å²) in [7, 11) is 1.67. The molecular formula is C18H24N4O2S. The van der Waals surface area contributed by atoms with Gasteiger partial charge in [0.05, 0.1) is 4.88 Å². The molecule has 134 valence electrons. The van der Waals surface area contributed by atoms with Crippen LogP contribution in [0, 0.1) is 5.92 Å². The van der Waals surface area contributed by atoms with Crippen molar-refractivity contribution in [2.45, 2.75) is 19.3 Å². The molecule has 1 N–H and O–H groups in total. The van der Waals surface area contributed by atoms with Crippen molar-refractivity contribution in [2.75, 3.05) is 38.3 Å². The highest BCUT2D eigenvalue weighted by Gasteiger charge is 2.25. The summed E-state index contributed by atoms with van der Waals surface area (Å²) in [5, 5.41) is 13.7. The van der Waals surface area contributed by atoms with Crippen molar-refractivity contribution in [3.63, 3.8) is 0 Å². The molecule has 3 heterocycles. The lowest BCUT2D eigenvalue weighted by Crippen LogP contribution is -2.41. The molecule has 1 aliphatic heterocycles. The minimum Gasteiger partial charge on any atom is -0.385 e. The molecule has 0 aromatic carbocycles. The number of nitrogens with zero attached hydrogens (tertiary/aromatic N) is 3. The molecule has 6 nitrogen and oxygen atoms in total. The van der Waals surface area contributed by atoms with E-state index in [1.54, 1.807) is 18.4 Å². The molecule has 0 aliphatic carbocycles. The molecule has 0 atom stereocenters. The van der Waals surface area contributed by atoms with E-state index in [1.807, 2.05) is 29.6 Å². The van der Waals surface area contributed by atoms with Gasteiger partial charge in [0.1, 0.15) is 5.69 Å². The van der Waals surface area contributed by atoms with Crippen molar-refractivity contribution in [2.24, 2.45) is 5.92 Å². The average Bonchev–Trinajstić information content (AvgIpc) is 3.20.